The van der Waals surface area contributed by atoms with Crippen LogP contribution in [0.4, 0.5) is 4.79 Å². The summed E-state index contributed by atoms with van der Waals surface area (Å²) >= 11 is 0. The van der Waals surface area contributed by atoms with Crippen LogP contribution >= 0.6 is 0 Å². The topological polar surface area (TPSA) is 170 Å². The number of nitrogens with one attached hydrogen (secondary N) is 2. The van der Waals surface area contributed by atoms with Gasteiger partial charge in [0.2, 0.25) is 0 Å². The largest absolute Gasteiger partial charge is 0.418 e. The lowest BCUT2D eigenvalue weighted by Gasteiger charge is -2.34. The Hall–Kier alpha value is -1.51. The van der Waals surface area contributed by atoms with Crippen LogP contribution in [-0.4, -0.2) is 67.8 Å². The molecule has 0 bridgehead atoms. The van der Waals surface area contributed by atoms with Crippen LogP contribution in [0.1, 0.15) is 25.7 Å². The second-order valence-electron chi connectivity index (χ2n) is 6.04. The van der Waals surface area contributed by atoms with E-state index in [0.717, 1.165) is 4.90 Å². The van der Waals surface area contributed by atoms with Gasteiger partial charge in [-0.25, -0.2) is 10.3 Å². The maximum atomic E-state index is 12.3. The van der Waals surface area contributed by atoms with E-state index in [0.29, 0.717) is 38.9 Å². The van der Waals surface area contributed by atoms with E-state index in [1.165, 1.54) is 0 Å². The van der Waals surface area contributed by atoms with E-state index in [1.807, 2.05) is 0 Å². The van der Waals surface area contributed by atoms with E-state index in [2.05, 4.69) is 9.76 Å². The number of hydrogen-bond acceptors (Lipinski definition) is 8. The molecule has 0 spiro atoms. The number of carbonyl (C=O) groups is 2. The number of amides is 3. The molecule has 2 atom stereocenters. The standard InChI is InChI=1S/C12H22N4O8S/c13-12(4-6-22-7-12)8-23-14-10(17)9-3-1-2-5-16(9)11(18)15-24-25(19,20)21/h9H,1-8,13H2,(H,14,17)(H,15,18)(H,19,20,21)/t9-,12?/m0/s1. The fraction of sp³-hybridized carbons (Fsp3) is 0.833. The van der Waals surface area contributed by atoms with Crippen molar-refractivity contribution in [3.8, 4) is 0 Å². The van der Waals surface area contributed by atoms with Crippen molar-refractivity contribution in [2.75, 3.05) is 26.4 Å². The molecule has 2 saturated heterocycles. The lowest BCUT2D eigenvalue weighted by molar-refractivity contribution is -0.140. The van der Waals surface area contributed by atoms with Gasteiger partial charge in [-0.05, 0) is 25.7 Å². The predicted octanol–water partition coefficient (Wildman–Crippen LogP) is -1.55. The maximum absolute atomic E-state index is 12.3. The molecule has 2 heterocycles. The highest BCUT2D eigenvalue weighted by Gasteiger charge is 2.34. The number of rotatable bonds is 6. The van der Waals surface area contributed by atoms with Gasteiger partial charge in [-0.15, -0.1) is 4.28 Å². The lowest BCUT2D eigenvalue weighted by atomic mass is 10.0. The van der Waals surface area contributed by atoms with Gasteiger partial charge in [0, 0.05) is 13.2 Å². The maximum Gasteiger partial charge on any atom is 0.418 e. The number of urea groups is 1. The molecule has 0 radical (unpaired) electrons. The summed E-state index contributed by atoms with van der Waals surface area (Å²) < 4.78 is 38.5. The molecule has 0 aromatic carbocycles. The number of piperidine rings is 1. The molecular formula is C12H22N4O8S. The minimum Gasteiger partial charge on any atom is -0.379 e. The fourth-order valence-corrected chi connectivity index (χ4v) is 2.83. The van der Waals surface area contributed by atoms with Crippen molar-refractivity contribution in [3.63, 3.8) is 0 Å². The molecule has 144 valence electrons. The van der Waals surface area contributed by atoms with Crippen LogP contribution in [0.25, 0.3) is 0 Å². The molecule has 0 aliphatic carbocycles. The van der Waals surface area contributed by atoms with Crippen LogP contribution in [0.15, 0.2) is 0 Å². The first-order valence-electron chi connectivity index (χ1n) is 7.71. The Morgan fingerprint density at radius 2 is 2.12 bits per heavy atom. The average molecular weight is 382 g/mol. The molecule has 2 aliphatic rings. The quantitative estimate of drug-likeness (QED) is 0.314. The minimum absolute atomic E-state index is 0.0591. The van der Waals surface area contributed by atoms with E-state index < -0.39 is 33.9 Å². The van der Waals surface area contributed by atoms with Crippen LogP contribution in [0.3, 0.4) is 0 Å². The number of likely N-dealkylation sites (tertiary alicyclic amines) is 1. The lowest BCUT2D eigenvalue weighted by Crippen LogP contribution is -2.55. The first kappa shape index (κ1) is 19.8. The Labute approximate surface area is 144 Å². The third kappa shape index (κ3) is 6.05. The van der Waals surface area contributed by atoms with Crippen LogP contribution in [-0.2, 0) is 29.1 Å². The average Bonchev–Trinajstić information content (AvgIpc) is 2.98. The summed E-state index contributed by atoms with van der Waals surface area (Å²) in [7, 11) is -4.84. The molecule has 12 nitrogen and oxygen atoms in total. The van der Waals surface area contributed by atoms with Gasteiger partial charge < -0.3 is 15.4 Å². The number of nitrogens with zero attached hydrogens (tertiary/aromatic N) is 1. The number of hydroxylamine groups is 2. The molecular weight excluding hydrogens is 360 g/mol. The Kier molecular flexibility index (Phi) is 6.53. The molecule has 3 amide bonds. The minimum atomic E-state index is -4.84. The summed E-state index contributed by atoms with van der Waals surface area (Å²) in [4.78, 5) is 30.5. The number of nitrogens with two attached hydrogens (primary N) is 1. The van der Waals surface area contributed by atoms with E-state index in [-0.39, 0.29) is 13.2 Å². The molecule has 0 saturated carbocycles. The smallest absolute Gasteiger partial charge is 0.379 e. The molecule has 1 unspecified atom stereocenters. The molecule has 2 aliphatic heterocycles. The summed E-state index contributed by atoms with van der Waals surface area (Å²) in [6.07, 6.45) is 2.31. The third-order valence-electron chi connectivity index (χ3n) is 3.97. The summed E-state index contributed by atoms with van der Waals surface area (Å²) in [5.74, 6) is -0.566. The normalized spacial score (nSPS) is 27.1. The molecule has 2 rings (SSSR count). The summed E-state index contributed by atoms with van der Waals surface area (Å²) in [6.45, 7) is 1.13. The first-order valence-corrected chi connectivity index (χ1v) is 9.07. The highest BCUT2D eigenvalue weighted by atomic mass is 32.3. The Balaban J connectivity index is 1.85. The zero-order chi connectivity index (χ0) is 18.5. The monoisotopic (exact) mass is 382 g/mol. The molecule has 25 heavy (non-hydrogen) atoms. The van der Waals surface area contributed by atoms with Crippen molar-refractivity contribution in [1.29, 1.82) is 0 Å². The van der Waals surface area contributed by atoms with Crippen LogP contribution in [0, 0.1) is 0 Å². The van der Waals surface area contributed by atoms with Crippen LogP contribution in [0.2, 0.25) is 0 Å². The fourth-order valence-electron chi connectivity index (χ4n) is 2.65. The second kappa shape index (κ2) is 8.25. The van der Waals surface area contributed by atoms with E-state index in [9.17, 15) is 18.0 Å². The highest BCUT2D eigenvalue weighted by Crippen LogP contribution is 2.18. The number of ether oxygens (including phenoxy) is 1. The third-order valence-corrected chi connectivity index (χ3v) is 4.26. The Bertz CT molecular complexity index is 592. The zero-order valence-electron chi connectivity index (χ0n) is 13.5. The molecule has 5 N–H and O–H groups in total. The van der Waals surface area contributed by atoms with Crippen molar-refractivity contribution in [3.05, 3.63) is 0 Å². The molecule has 2 fully saturated rings. The van der Waals surface area contributed by atoms with Crippen LogP contribution in [0.5, 0.6) is 0 Å². The van der Waals surface area contributed by atoms with Gasteiger partial charge in [0.05, 0.1) is 18.8 Å². The summed E-state index contributed by atoms with van der Waals surface area (Å²) in [5, 5.41) is 0. The molecule has 0 aromatic heterocycles. The molecule has 13 heteroatoms. The summed E-state index contributed by atoms with van der Waals surface area (Å²) in [6, 6.07) is -1.83. The Morgan fingerprint density at radius 1 is 1.36 bits per heavy atom. The van der Waals surface area contributed by atoms with Crippen LogP contribution < -0.4 is 16.7 Å². The first-order chi connectivity index (χ1) is 11.7. The van der Waals surface area contributed by atoms with Crippen molar-refractivity contribution in [2.45, 2.75) is 37.3 Å². The van der Waals surface area contributed by atoms with Crippen molar-refractivity contribution < 1.29 is 36.4 Å². The number of carbonyl (C=O) groups excluding carboxylic acids is 2. The Morgan fingerprint density at radius 3 is 2.76 bits per heavy atom. The van der Waals surface area contributed by atoms with E-state index >= 15 is 0 Å². The van der Waals surface area contributed by atoms with Gasteiger partial charge in [-0.1, -0.05) is 0 Å². The van der Waals surface area contributed by atoms with Gasteiger partial charge in [0.1, 0.15) is 6.04 Å². The van der Waals surface area contributed by atoms with Gasteiger partial charge in [0.15, 0.2) is 0 Å². The van der Waals surface area contributed by atoms with Crippen molar-refractivity contribution in [2.24, 2.45) is 5.73 Å². The second-order valence-corrected chi connectivity index (χ2v) is 7.07. The van der Waals surface area contributed by atoms with Gasteiger partial charge in [-0.3, -0.25) is 14.2 Å². The van der Waals surface area contributed by atoms with Crippen molar-refractivity contribution >= 4 is 22.3 Å². The number of hydrogen-bond donors (Lipinski definition) is 4. The highest BCUT2D eigenvalue weighted by molar-refractivity contribution is 7.80. The SMILES string of the molecule is NC1(CONC(=O)[C@@H]2CCCCN2C(=O)NOS(=O)(=O)O)CCOC1. The van der Waals surface area contributed by atoms with Gasteiger partial charge >= 0.3 is 16.4 Å². The van der Waals surface area contributed by atoms with E-state index in [1.54, 1.807) is 5.48 Å². The van der Waals surface area contributed by atoms with Gasteiger partial charge in [-0.2, -0.15) is 13.9 Å². The predicted molar refractivity (Wildman–Crippen MR) is 82.0 cm³/mol. The van der Waals surface area contributed by atoms with E-state index in [4.69, 9.17) is 19.9 Å². The van der Waals surface area contributed by atoms with Gasteiger partial charge in [0.25, 0.3) is 5.91 Å². The molecule has 0 aromatic rings. The van der Waals surface area contributed by atoms with Crippen molar-refractivity contribution in [1.82, 2.24) is 15.9 Å². The zero-order valence-corrected chi connectivity index (χ0v) is 14.3. The summed E-state index contributed by atoms with van der Waals surface area (Å²) in [5.41, 5.74) is 9.17.